The van der Waals surface area contributed by atoms with Gasteiger partial charge in [0.15, 0.2) is 5.58 Å². The van der Waals surface area contributed by atoms with Gasteiger partial charge in [0.1, 0.15) is 16.9 Å². The number of nitrogens with zero attached hydrogens (tertiary/aromatic N) is 1. The molecule has 0 radical (unpaired) electrons. The Bertz CT molecular complexity index is 485. The predicted octanol–water partition coefficient (Wildman–Crippen LogP) is 2.75. The Morgan fingerprint density at radius 3 is 2.87 bits per heavy atom. The summed E-state index contributed by atoms with van der Waals surface area (Å²) in [5, 5.41) is 10.0. The fourth-order valence-electron chi connectivity index (χ4n) is 1.47. The van der Waals surface area contributed by atoms with Crippen LogP contribution in [0.5, 0.6) is 0 Å². The zero-order chi connectivity index (χ0) is 11.1. The predicted molar refractivity (Wildman–Crippen MR) is 58.6 cm³/mol. The molecule has 1 unspecified atom stereocenters. The molecule has 3 nitrogen and oxygen atoms in total. The highest BCUT2D eigenvalue weighted by atomic mass is 16.4. The monoisotopic (exact) mass is 205 g/mol. The highest BCUT2D eigenvalue weighted by Crippen LogP contribution is 2.29. The van der Waals surface area contributed by atoms with E-state index in [1.807, 2.05) is 32.0 Å². The second-order valence-electron chi connectivity index (χ2n) is 4.07. The first-order valence-corrected chi connectivity index (χ1v) is 5.13. The number of aliphatic hydroxyl groups is 1. The van der Waals surface area contributed by atoms with Gasteiger partial charge in [-0.1, -0.05) is 6.92 Å². The molecule has 15 heavy (non-hydrogen) atoms. The summed E-state index contributed by atoms with van der Waals surface area (Å²) in [5.74, 6) is 0.582. The summed E-state index contributed by atoms with van der Waals surface area (Å²) in [5.41, 5.74) is 1.57. The maximum atomic E-state index is 10.0. The molecule has 0 saturated heterocycles. The van der Waals surface area contributed by atoms with Crippen molar-refractivity contribution in [1.29, 1.82) is 0 Å². The Kier molecular flexibility index (Phi) is 2.27. The van der Waals surface area contributed by atoms with Crippen LogP contribution < -0.4 is 0 Å². The third-order valence-corrected chi connectivity index (χ3v) is 2.73. The van der Waals surface area contributed by atoms with Crippen LogP contribution >= 0.6 is 0 Å². The molecule has 0 aromatic carbocycles. The fourth-order valence-corrected chi connectivity index (χ4v) is 1.47. The maximum absolute atomic E-state index is 10.0. The summed E-state index contributed by atoms with van der Waals surface area (Å²) < 4.78 is 5.57. The van der Waals surface area contributed by atoms with E-state index in [4.69, 9.17) is 4.42 Å². The summed E-state index contributed by atoms with van der Waals surface area (Å²) >= 11 is 0. The Labute approximate surface area is 88.7 Å². The number of hydrogen-bond acceptors (Lipinski definition) is 3. The average Bonchev–Trinajstić information content (AvgIpc) is 2.61. The molecule has 0 aliphatic rings. The summed E-state index contributed by atoms with van der Waals surface area (Å²) in [4.78, 5) is 4.34. The van der Waals surface area contributed by atoms with Gasteiger partial charge < -0.3 is 9.52 Å². The molecule has 2 aromatic heterocycles. The van der Waals surface area contributed by atoms with E-state index in [0.717, 1.165) is 16.8 Å². The first-order chi connectivity index (χ1) is 7.03. The normalized spacial score (nSPS) is 15.5. The molecule has 0 amide bonds. The van der Waals surface area contributed by atoms with Crippen LogP contribution in [0.4, 0.5) is 0 Å². The van der Waals surface area contributed by atoms with E-state index in [-0.39, 0.29) is 0 Å². The molecule has 0 aliphatic carbocycles. The average molecular weight is 205 g/mol. The first kappa shape index (κ1) is 10.2. The summed E-state index contributed by atoms with van der Waals surface area (Å²) in [6.07, 6.45) is 0.617. The molecule has 0 spiro atoms. The van der Waals surface area contributed by atoms with Gasteiger partial charge in [-0.3, -0.25) is 0 Å². The van der Waals surface area contributed by atoms with Crippen LogP contribution in [0.25, 0.3) is 11.1 Å². The van der Waals surface area contributed by atoms with E-state index in [9.17, 15) is 5.11 Å². The molecule has 2 heterocycles. The molecule has 2 aromatic rings. The maximum Gasteiger partial charge on any atom is 0.152 e. The summed E-state index contributed by atoms with van der Waals surface area (Å²) in [6, 6.07) is 5.59. The highest BCUT2D eigenvalue weighted by Gasteiger charge is 2.25. The molecule has 3 heteroatoms. The number of aromatic nitrogens is 1. The number of hydrogen-bond donors (Lipinski definition) is 1. The van der Waals surface area contributed by atoms with E-state index in [1.54, 1.807) is 6.92 Å². The number of aryl methyl sites for hydroxylation is 1. The second-order valence-corrected chi connectivity index (χ2v) is 4.07. The third kappa shape index (κ3) is 1.75. The molecule has 2 rings (SSSR count). The quantitative estimate of drug-likeness (QED) is 0.820. The molecule has 1 atom stereocenters. The van der Waals surface area contributed by atoms with Crippen molar-refractivity contribution in [3.63, 3.8) is 0 Å². The largest absolute Gasteiger partial charge is 0.456 e. The minimum atomic E-state index is -0.908. The van der Waals surface area contributed by atoms with Gasteiger partial charge in [0.05, 0.1) is 0 Å². The van der Waals surface area contributed by atoms with Crippen molar-refractivity contribution in [2.45, 2.75) is 32.8 Å². The topological polar surface area (TPSA) is 46.3 Å². The highest BCUT2D eigenvalue weighted by molar-refractivity contribution is 5.73. The van der Waals surface area contributed by atoms with Crippen LogP contribution in [0.2, 0.25) is 0 Å². The molecule has 0 aliphatic heterocycles. The first-order valence-electron chi connectivity index (χ1n) is 5.13. The molecular weight excluding hydrogens is 190 g/mol. The number of rotatable bonds is 2. The van der Waals surface area contributed by atoms with Gasteiger partial charge in [0, 0.05) is 11.8 Å². The van der Waals surface area contributed by atoms with Crippen molar-refractivity contribution in [2.75, 3.05) is 0 Å². The van der Waals surface area contributed by atoms with Crippen molar-refractivity contribution in [3.05, 3.63) is 29.7 Å². The minimum absolute atomic E-state index is 0.582. The Balaban J connectivity index is 2.56. The zero-order valence-corrected chi connectivity index (χ0v) is 9.24. The van der Waals surface area contributed by atoms with Crippen molar-refractivity contribution in [3.8, 4) is 0 Å². The Hall–Kier alpha value is -1.35. The number of pyridine rings is 1. The van der Waals surface area contributed by atoms with Crippen LogP contribution in [-0.2, 0) is 5.60 Å². The minimum Gasteiger partial charge on any atom is -0.456 e. The van der Waals surface area contributed by atoms with Crippen LogP contribution in [-0.4, -0.2) is 10.1 Å². The third-order valence-electron chi connectivity index (χ3n) is 2.73. The molecule has 0 bridgehead atoms. The van der Waals surface area contributed by atoms with Crippen LogP contribution in [0.1, 0.15) is 31.7 Å². The van der Waals surface area contributed by atoms with Gasteiger partial charge in [-0.2, -0.15) is 0 Å². The number of furan rings is 1. The van der Waals surface area contributed by atoms with Gasteiger partial charge in [0.2, 0.25) is 0 Å². The van der Waals surface area contributed by atoms with Crippen molar-refractivity contribution >= 4 is 11.1 Å². The smallest absolute Gasteiger partial charge is 0.152 e. The molecule has 80 valence electrons. The molecular formula is C12H15NO2. The van der Waals surface area contributed by atoms with Gasteiger partial charge in [-0.05, 0) is 32.4 Å². The molecule has 1 N–H and O–H groups in total. The van der Waals surface area contributed by atoms with Crippen LogP contribution in [0.15, 0.2) is 22.6 Å². The SMILES string of the molecule is CCC(C)(O)c1cc2nc(C)ccc2o1. The van der Waals surface area contributed by atoms with Gasteiger partial charge in [-0.15, -0.1) is 0 Å². The van der Waals surface area contributed by atoms with Crippen LogP contribution in [0.3, 0.4) is 0 Å². The number of fused-ring (bicyclic) bond motifs is 1. The van der Waals surface area contributed by atoms with Crippen molar-refractivity contribution in [2.24, 2.45) is 0 Å². The lowest BCUT2D eigenvalue weighted by atomic mass is 10.0. The lowest BCUT2D eigenvalue weighted by Gasteiger charge is -2.17. The van der Waals surface area contributed by atoms with Crippen LogP contribution in [0, 0.1) is 6.92 Å². The van der Waals surface area contributed by atoms with Gasteiger partial charge in [-0.25, -0.2) is 4.98 Å². The van der Waals surface area contributed by atoms with E-state index < -0.39 is 5.60 Å². The van der Waals surface area contributed by atoms with Crippen molar-refractivity contribution in [1.82, 2.24) is 4.98 Å². The fraction of sp³-hybridized carbons (Fsp3) is 0.417. The zero-order valence-electron chi connectivity index (χ0n) is 9.24. The standard InChI is InChI=1S/C12H15NO2/c1-4-12(3,14)11-7-9-10(15-11)6-5-8(2)13-9/h5-7,14H,4H2,1-3H3. The Morgan fingerprint density at radius 1 is 1.47 bits per heavy atom. The second kappa shape index (κ2) is 3.35. The van der Waals surface area contributed by atoms with Crippen molar-refractivity contribution < 1.29 is 9.52 Å². The van der Waals surface area contributed by atoms with E-state index in [1.165, 1.54) is 0 Å². The summed E-state index contributed by atoms with van der Waals surface area (Å²) in [7, 11) is 0. The van der Waals surface area contributed by atoms with E-state index in [0.29, 0.717) is 12.2 Å². The lowest BCUT2D eigenvalue weighted by molar-refractivity contribution is 0.0318. The van der Waals surface area contributed by atoms with Gasteiger partial charge in [0.25, 0.3) is 0 Å². The Morgan fingerprint density at radius 2 is 2.20 bits per heavy atom. The summed E-state index contributed by atoms with van der Waals surface area (Å²) in [6.45, 7) is 5.60. The molecule has 0 saturated carbocycles. The van der Waals surface area contributed by atoms with E-state index in [2.05, 4.69) is 4.98 Å². The van der Waals surface area contributed by atoms with Gasteiger partial charge >= 0.3 is 0 Å². The molecule has 0 fully saturated rings. The lowest BCUT2D eigenvalue weighted by Crippen LogP contribution is -2.18. The van der Waals surface area contributed by atoms with E-state index >= 15 is 0 Å².